The first-order valence-electron chi connectivity index (χ1n) is 4.03. The zero-order valence-electron chi connectivity index (χ0n) is 7.14. The van der Waals surface area contributed by atoms with E-state index in [1.807, 2.05) is 0 Å². The van der Waals surface area contributed by atoms with Crippen LogP contribution in [0.15, 0.2) is 0 Å². The van der Waals surface area contributed by atoms with E-state index < -0.39 is 5.60 Å². The van der Waals surface area contributed by atoms with Gasteiger partial charge in [-0.3, -0.25) is 0 Å². The van der Waals surface area contributed by atoms with Crippen molar-refractivity contribution in [2.75, 3.05) is 13.2 Å². The second kappa shape index (κ2) is 4.10. The van der Waals surface area contributed by atoms with Gasteiger partial charge in [0, 0.05) is 7.11 Å². The summed E-state index contributed by atoms with van der Waals surface area (Å²) in [6, 6.07) is -0.0933. The number of hydrogen-bond donors (Lipinski definition) is 0. The number of esters is 1. The molecule has 0 radical (unpaired) electrons. The molecule has 1 rings (SSSR count). The molecule has 0 unspecified atom stereocenters. The average Bonchev–Trinajstić information content (AvgIpc) is 2.54. The lowest BCUT2D eigenvalue weighted by Crippen LogP contribution is -2.39. The van der Waals surface area contributed by atoms with E-state index in [1.165, 1.54) is 0 Å². The van der Waals surface area contributed by atoms with Crippen LogP contribution in [0.2, 0.25) is 0 Å². The number of carbonyl (C=O) groups excluding carboxylic acids is 1. The van der Waals surface area contributed by atoms with Gasteiger partial charge in [-0.05, 0) is 25.7 Å². The summed E-state index contributed by atoms with van der Waals surface area (Å²) in [7, 11) is 1.54. The lowest BCUT2D eigenvalue weighted by molar-refractivity contribution is -0.166. The molecule has 0 bridgehead atoms. The van der Waals surface area contributed by atoms with Crippen LogP contribution in [0.1, 0.15) is 25.7 Å². The van der Waals surface area contributed by atoms with Crippen molar-refractivity contribution in [1.82, 2.24) is 0 Å². The largest absolute Gasteiger partial charge is 0.447 e. The maximum atomic E-state index is 11.4. The molecule has 0 N–H and O–H groups in total. The number of ether oxygens (including phenoxy) is 2. The number of halogens is 1. The minimum Gasteiger partial charge on any atom is -0.447 e. The minimum atomic E-state index is -0.700. The van der Waals surface area contributed by atoms with Crippen molar-refractivity contribution in [2.45, 2.75) is 31.3 Å². The Kier molecular flexibility index (Phi) is 3.35. The molecule has 0 aromatic carbocycles. The standard InChI is InChI=1S/C8H13ClO3/c1-11-8(4-2-3-5-8)7(10)12-6-9/h2-6H2,1H3. The summed E-state index contributed by atoms with van der Waals surface area (Å²) < 4.78 is 9.90. The van der Waals surface area contributed by atoms with E-state index >= 15 is 0 Å². The van der Waals surface area contributed by atoms with Crippen molar-refractivity contribution in [2.24, 2.45) is 0 Å². The summed E-state index contributed by atoms with van der Waals surface area (Å²) >= 11 is 5.30. The summed E-state index contributed by atoms with van der Waals surface area (Å²) in [6.45, 7) is 0. The van der Waals surface area contributed by atoms with Gasteiger partial charge in [0.15, 0.2) is 11.7 Å². The van der Waals surface area contributed by atoms with Gasteiger partial charge in [0.1, 0.15) is 0 Å². The van der Waals surface area contributed by atoms with E-state index in [9.17, 15) is 4.79 Å². The van der Waals surface area contributed by atoms with E-state index in [2.05, 4.69) is 0 Å². The van der Waals surface area contributed by atoms with Gasteiger partial charge in [0.2, 0.25) is 0 Å². The first kappa shape index (κ1) is 9.81. The molecular formula is C8H13ClO3. The molecule has 1 aliphatic rings. The Morgan fingerprint density at radius 2 is 2.08 bits per heavy atom. The van der Waals surface area contributed by atoms with Gasteiger partial charge in [-0.25, -0.2) is 4.79 Å². The Bertz CT molecular complexity index is 164. The third-order valence-electron chi connectivity index (χ3n) is 2.36. The van der Waals surface area contributed by atoms with Crippen LogP contribution in [-0.2, 0) is 14.3 Å². The number of methoxy groups -OCH3 is 1. The molecule has 1 fully saturated rings. The first-order chi connectivity index (χ1) is 5.75. The average molecular weight is 193 g/mol. The maximum Gasteiger partial charge on any atom is 0.339 e. The molecule has 0 aromatic rings. The van der Waals surface area contributed by atoms with Gasteiger partial charge in [-0.2, -0.15) is 0 Å². The molecule has 0 amide bonds. The van der Waals surface area contributed by atoms with E-state index in [1.54, 1.807) is 7.11 Å². The third-order valence-corrected chi connectivity index (χ3v) is 2.47. The molecule has 3 nitrogen and oxygen atoms in total. The van der Waals surface area contributed by atoms with Crippen LogP contribution in [-0.4, -0.2) is 24.7 Å². The van der Waals surface area contributed by atoms with Gasteiger partial charge >= 0.3 is 5.97 Å². The summed E-state index contributed by atoms with van der Waals surface area (Å²) in [4.78, 5) is 11.4. The third kappa shape index (κ3) is 1.72. The molecule has 1 saturated carbocycles. The van der Waals surface area contributed by atoms with Gasteiger partial charge in [-0.1, -0.05) is 11.6 Å². The van der Waals surface area contributed by atoms with Crippen LogP contribution in [0.3, 0.4) is 0 Å². The highest BCUT2D eigenvalue weighted by molar-refractivity contribution is 6.17. The fraction of sp³-hybridized carbons (Fsp3) is 0.875. The van der Waals surface area contributed by atoms with Gasteiger partial charge in [0.25, 0.3) is 0 Å². The zero-order valence-corrected chi connectivity index (χ0v) is 7.89. The molecule has 0 spiro atoms. The van der Waals surface area contributed by atoms with E-state index in [4.69, 9.17) is 21.1 Å². The topological polar surface area (TPSA) is 35.5 Å². The fourth-order valence-corrected chi connectivity index (χ4v) is 1.72. The predicted octanol–water partition coefficient (Wildman–Crippen LogP) is 1.69. The van der Waals surface area contributed by atoms with Gasteiger partial charge in [-0.15, -0.1) is 0 Å². The van der Waals surface area contributed by atoms with Gasteiger partial charge < -0.3 is 9.47 Å². The molecular weight excluding hydrogens is 180 g/mol. The van der Waals surface area contributed by atoms with E-state index in [0.717, 1.165) is 25.7 Å². The summed E-state index contributed by atoms with van der Waals surface area (Å²) in [6.07, 6.45) is 3.54. The molecule has 1 aliphatic carbocycles. The molecule has 0 aromatic heterocycles. The van der Waals surface area contributed by atoms with Gasteiger partial charge in [0.05, 0.1) is 0 Å². The maximum absolute atomic E-state index is 11.4. The van der Waals surface area contributed by atoms with Crippen molar-refractivity contribution in [3.8, 4) is 0 Å². The Hall–Kier alpha value is -0.280. The highest BCUT2D eigenvalue weighted by atomic mass is 35.5. The highest BCUT2D eigenvalue weighted by Gasteiger charge is 2.42. The normalized spacial score (nSPS) is 20.8. The Balaban J connectivity index is 2.59. The van der Waals surface area contributed by atoms with Crippen LogP contribution in [0.25, 0.3) is 0 Å². The van der Waals surface area contributed by atoms with E-state index in [0.29, 0.717) is 0 Å². The number of carbonyl (C=O) groups is 1. The SMILES string of the molecule is COC1(C(=O)OCCl)CCCC1. The molecule has 12 heavy (non-hydrogen) atoms. The fourth-order valence-electron chi connectivity index (χ4n) is 1.62. The smallest absolute Gasteiger partial charge is 0.339 e. The van der Waals surface area contributed by atoms with Crippen LogP contribution in [0.4, 0.5) is 0 Å². The zero-order chi connectivity index (χ0) is 9.03. The second-order valence-electron chi connectivity index (χ2n) is 2.95. The van der Waals surface area contributed by atoms with Crippen molar-refractivity contribution in [3.05, 3.63) is 0 Å². The molecule has 4 heteroatoms. The van der Waals surface area contributed by atoms with Crippen molar-refractivity contribution in [3.63, 3.8) is 0 Å². The Morgan fingerprint density at radius 3 is 2.50 bits per heavy atom. The van der Waals surface area contributed by atoms with Crippen LogP contribution in [0.5, 0.6) is 0 Å². The second-order valence-corrected chi connectivity index (χ2v) is 3.16. The predicted molar refractivity (Wildman–Crippen MR) is 45.0 cm³/mol. The number of hydrogen-bond acceptors (Lipinski definition) is 3. The summed E-state index contributed by atoms with van der Waals surface area (Å²) in [5, 5.41) is 0. The summed E-state index contributed by atoms with van der Waals surface area (Å²) in [5.41, 5.74) is -0.700. The molecule has 0 aliphatic heterocycles. The van der Waals surface area contributed by atoms with Crippen LogP contribution in [0, 0.1) is 0 Å². The Morgan fingerprint density at radius 1 is 1.50 bits per heavy atom. The number of alkyl halides is 1. The number of rotatable bonds is 3. The van der Waals surface area contributed by atoms with E-state index in [-0.39, 0.29) is 12.0 Å². The molecule has 0 atom stereocenters. The highest BCUT2D eigenvalue weighted by Crippen LogP contribution is 2.33. The first-order valence-corrected chi connectivity index (χ1v) is 4.57. The lowest BCUT2D eigenvalue weighted by Gasteiger charge is -2.23. The molecule has 0 heterocycles. The molecule has 70 valence electrons. The lowest BCUT2D eigenvalue weighted by atomic mass is 10.0. The van der Waals surface area contributed by atoms with Crippen LogP contribution >= 0.6 is 11.6 Å². The minimum absolute atomic E-state index is 0.0933. The summed E-state index contributed by atoms with van der Waals surface area (Å²) in [5.74, 6) is -0.322. The van der Waals surface area contributed by atoms with Crippen LogP contribution < -0.4 is 0 Å². The molecule has 0 saturated heterocycles. The van der Waals surface area contributed by atoms with Crippen molar-refractivity contribution < 1.29 is 14.3 Å². The monoisotopic (exact) mass is 192 g/mol. The van der Waals surface area contributed by atoms with Crippen molar-refractivity contribution >= 4 is 17.6 Å². The quantitative estimate of drug-likeness (QED) is 0.504. The Labute approximate surface area is 77.0 Å². The van der Waals surface area contributed by atoms with Crippen molar-refractivity contribution in [1.29, 1.82) is 0 Å².